The molecular weight excluding hydrogens is 286 g/mol. The van der Waals surface area contributed by atoms with E-state index in [0.717, 1.165) is 0 Å². The topological polar surface area (TPSA) is 12.9 Å². The van der Waals surface area contributed by atoms with Crippen LogP contribution in [0, 0.1) is 3.57 Å². The summed E-state index contributed by atoms with van der Waals surface area (Å²) in [6.07, 6.45) is 0.0384. The molecule has 0 unspecified atom stereocenters. The van der Waals surface area contributed by atoms with Gasteiger partial charge in [0, 0.05) is 16.0 Å². The molecule has 0 saturated heterocycles. The maximum atomic E-state index is 12.2. The van der Waals surface area contributed by atoms with E-state index in [0.29, 0.717) is 3.57 Å². The summed E-state index contributed by atoms with van der Waals surface area (Å²) in [4.78, 5) is 3.65. The lowest BCUT2D eigenvalue weighted by Gasteiger charge is -2.03. The number of pyridine rings is 1. The van der Waals surface area contributed by atoms with Crippen LogP contribution in [0.4, 0.5) is 8.78 Å². The molecular formula is C6H3ClF2IN. The Kier molecular flexibility index (Phi) is 3.00. The molecule has 0 saturated carbocycles. The maximum absolute atomic E-state index is 12.2. The fourth-order valence-electron chi connectivity index (χ4n) is 0.630. The van der Waals surface area contributed by atoms with E-state index < -0.39 is 6.43 Å². The third-order valence-electron chi connectivity index (χ3n) is 1.11. The van der Waals surface area contributed by atoms with Crippen LogP contribution in [0.2, 0.25) is 5.02 Å². The van der Waals surface area contributed by atoms with E-state index >= 15 is 0 Å². The molecule has 1 heterocycles. The molecule has 11 heavy (non-hydrogen) atoms. The number of halogens is 4. The zero-order chi connectivity index (χ0) is 8.43. The minimum Gasteiger partial charge on any atom is -0.262 e. The molecule has 0 atom stereocenters. The van der Waals surface area contributed by atoms with Crippen LogP contribution < -0.4 is 0 Å². The van der Waals surface area contributed by atoms with Gasteiger partial charge in [0.2, 0.25) is 0 Å². The Morgan fingerprint density at radius 1 is 1.45 bits per heavy atom. The highest BCUT2D eigenvalue weighted by molar-refractivity contribution is 14.1. The molecule has 0 bridgehead atoms. The molecule has 0 aliphatic carbocycles. The molecule has 0 aliphatic heterocycles. The molecule has 0 fully saturated rings. The Bertz CT molecular complexity index is 247. The Balaban J connectivity index is 3.21. The molecule has 1 aromatic heterocycles. The van der Waals surface area contributed by atoms with Crippen molar-refractivity contribution >= 4 is 34.2 Å². The molecule has 0 radical (unpaired) electrons. The lowest BCUT2D eigenvalue weighted by molar-refractivity contribution is 0.150. The average Bonchev–Trinajstić information content (AvgIpc) is 1.85. The zero-order valence-electron chi connectivity index (χ0n) is 5.19. The van der Waals surface area contributed by atoms with Crippen molar-refractivity contribution in [2.75, 3.05) is 0 Å². The maximum Gasteiger partial charge on any atom is 0.266 e. The molecule has 5 heteroatoms. The predicted octanol–water partition coefficient (Wildman–Crippen LogP) is 3.28. The van der Waals surface area contributed by atoms with Crippen molar-refractivity contribution in [2.24, 2.45) is 0 Å². The molecule has 60 valence electrons. The quantitative estimate of drug-likeness (QED) is 0.723. The van der Waals surface area contributed by atoms with E-state index in [1.54, 1.807) is 22.6 Å². The third-order valence-corrected chi connectivity index (χ3v) is 2.27. The second-order valence-corrected chi connectivity index (χ2v) is 3.39. The van der Waals surface area contributed by atoms with Crippen molar-refractivity contribution < 1.29 is 8.78 Å². The van der Waals surface area contributed by atoms with Crippen LogP contribution in [-0.2, 0) is 0 Å². The van der Waals surface area contributed by atoms with Gasteiger partial charge in [0.25, 0.3) is 6.43 Å². The highest BCUT2D eigenvalue weighted by Gasteiger charge is 2.15. The largest absolute Gasteiger partial charge is 0.266 e. The van der Waals surface area contributed by atoms with Gasteiger partial charge in [-0.25, -0.2) is 8.78 Å². The average molecular weight is 289 g/mol. The van der Waals surface area contributed by atoms with Gasteiger partial charge in [-0.15, -0.1) is 0 Å². The summed E-state index contributed by atoms with van der Waals surface area (Å²) in [6, 6.07) is 0. The molecule has 0 amide bonds. The zero-order valence-corrected chi connectivity index (χ0v) is 8.10. The second kappa shape index (κ2) is 3.62. The van der Waals surface area contributed by atoms with Crippen LogP contribution >= 0.6 is 34.2 Å². The molecule has 1 nitrogen and oxygen atoms in total. The van der Waals surface area contributed by atoms with E-state index in [1.165, 1.54) is 12.4 Å². The Labute approximate surface area is 80.9 Å². The van der Waals surface area contributed by atoms with Gasteiger partial charge >= 0.3 is 0 Å². The normalized spacial score (nSPS) is 10.6. The van der Waals surface area contributed by atoms with E-state index in [1.807, 2.05) is 0 Å². The number of aromatic nitrogens is 1. The van der Waals surface area contributed by atoms with Crippen LogP contribution in [0.3, 0.4) is 0 Å². The lowest BCUT2D eigenvalue weighted by atomic mass is 10.3. The van der Waals surface area contributed by atoms with Gasteiger partial charge in [-0.1, -0.05) is 11.6 Å². The van der Waals surface area contributed by atoms with Gasteiger partial charge in [0.05, 0.1) is 10.6 Å². The van der Waals surface area contributed by atoms with Crippen molar-refractivity contribution in [3.63, 3.8) is 0 Å². The fraction of sp³-hybridized carbons (Fsp3) is 0.167. The summed E-state index contributed by atoms with van der Waals surface area (Å²) in [5.74, 6) is 0. The van der Waals surface area contributed by atoms with Gasteiger partial charge in [0.15, 0.2) is 0 Å². The number of rotatable bonds is 1. The molecule has 0 N–H and O–H groups in total. The highest BCUT2D eigenvalue weighted by atomic mass is 127. The van der Waals surface area contributed by atoms with Gasteiger partial charge in [0.1, 0.15) is 0 Å². The summed E-state index contributed by atoms with van der Waals surface area (Å²) in [7, 11) is 0. The van der Waals surface area contributed by atoms with Crippen LogP contribution in [0.5, 0.6) is 0 Å². The van der Waals surface area contributed by atoms with Crippen LogP contribution in [0.25, 0.3) is 0 Å². The van der Waals surface area contributed by atoms with E-state index in [9.17, 15) is 8.78 Å². The molecule has 1 rings (SSSR count). The second-order valence-electron chi connectivity index (χ2n) is 1.82. The van der Waals surface area contributed by atoms with Crippen molar-refractivity contribution in [1.82, 2.24) is 4.98 Å². The first-order chi connectivity index (χ1) is 5.13. The van der Waals surface area contributed by atoms with Crippen LogP contribution in [0.15, 0.2) is 12.4 Å². The van der Waals surface area contributed by atoms with Crippen LogP contribution in [0.1, 0.15) is 12.0 Å². The predicted molar refractivity (Wildman–Crippen MR) is 46.9 cm³/mol. The monoisotopic (exact) mass is 289 g/mol. The molecule has 0 aromatic carbocycles. The summed E-state index contributed by atoms with van der Waals surface area (Å²) in [5.41, 5.74) is -0.137. The summed E-state index contributed by atoms with van der Waals surface area (Å²) in [5, 5.41) is 0.0203. The highest BCUT2D eigenvalue weighted by Crippen LogP contribution is 2.29. The standard InChI is InChI=1S/C6H3ClF2IN/c7-3-1-11-2-4(10)5(3)6(8)9/h1-2,6H. The Hall–Kier alpha value is 0.0300. The summed E-state index contributed by atoms with van der Waals surface area (Å²) in [6.45, 7) is 0. The lowest BCUT2D eigenvalue weighted by Crippen LogP contribution is -1.91. The minimum absolute atomic E-state index is 0.0203. The number of hydrogen-bond acceptors (Lipinski definition) is 1. The van der Waals surface area contributed by atoms with E-state index in [2.05, 4.69) is 4.98 Å². The molecule has 1 aromatic rings. The van der Waals surface area contributed by atoms with Crippen LogP contribution in [-0.4, -0.2) is 4.98 Å². The number of alkyl halides is 2. The first kappa shape index (κ1) is 9.12. The first-order valence-corrected chi connectivity index (χ1v) is 4.15. The van der Waals surface area contributed by atoms with E-state index in [4.69, 9.17) is 11.6 Å². The SMILES string of the molecule is FC(F)c1c(Cl)cncc1I. The fourth-order valence-corrected chi connectivity index (χ4v) is 1.72. The van der Waals surface area contributed by atoms with Crippen molar-refractivity contribution in [1.29, 1.82) is 0 Å². The van der Waals surface area contributed by atoms with E-state index in [-0.39, 0.29) is 10.6 Å². The first-order valence-electron chi connectivity index (χ1n) is 2.70. The van der Waals surface area contributed by atoms with Gasteiger partial charge in [-0.05, 0) is 22.6 Å². The van der Waals surface area contributed by atoms with Crippen molar-refractivity contribution in [3.8, 4) is 0 Å². The van der Waals surface area contributed by atoms with Crippen molar-refractivity contribution in [2.45, 2.75) is 6.43 Å². The number of nitrogens with zero attached hydrogens (tertiary/aromatic N) is 1. The van der Waals surface area contributed by atoms with Gasteiger partial charge in [-0.2, -0.15) is 0 Å². The van der Waals surface area contributed by atoms with Gasteiger partial charge < -0.3 is 0 Å². The third kappa shape index (κ3) is 1.99. The summed E-state index contributed by atoms with van der Waals surface area (Å²) < 4.78 is 24.7. The minimum atomic E-state index is -2.53. The summed E-state index contributed by atoms with van der Waals surface area (Å²) >= 11 is 7.25. The smallest absolute Gasteiger partial charge is 0.262 e. The Morgan fingerprint density at radius 2 is 2.09 bits per heavy atom. The molecule has 0 spiro atoms. The Morgan fingerprint density at radius 3 is 2.45 bits per heavy atom. The number of hydrogen-bond donors (Lipinski definition) is 0. The van der Waals surface area contributed by atoms with Crippen molar-refractivity contribution in [3.05, 3.63) is 26.5 Å². The van der Waals surface area contributed by atoms with Gasteiger partial charge in [-0.3, -0.25) is 4.98 Å². The molecule has 0 aliphatic rings.